The Hall–Kier alpha value is -2.09. The maximum atomic E-state index is 12.0. The van der Waals surface area contributed by atoms with Crippen molar-refractivity contribution in [3.8, 4) is 5.75 Å². The fourth-order valence-corrected chi connectivity index (χ4v) is 3.08. The highest BCUT2D eigenvalue weighted by molar-refractivity contribution is 7.90. The molecular weight excluding hydrogens is 334 g/mol. The molecule has 0 aliphatic heterocycles. The molecule has 0 unspecified atom stereocenters. The van der Waals surface area contributed by atoms with Gasteiger partial charge in [-0.3, -0.25) is 9.59 Å². The minimum atomic E-state index is -3.28. The van der Waals surface area contributed by atoms with Crippen LogP contribution in [-0.4, -0.2) is 56.8 Å². The zero-order valence-electron chi connectivity index (χ0n) is 13.6. The number of benzene rings is 1. The van der Waals surface area contributed by atoms with Crippen molar-refractivity contribution < 1.29 is 27.9 Å². The number of aliphatic carboxylic acids is 1. The van der Waals surface area contributed by atoms with Gasteiger partial charge in [0.25, 0.3) is 0 Å². The molecule has 7 nitrogen and oxygen atoms in total. The number of carboxylic acids is 1. The van der Waals surface area contributed by atoms with E-state index in [1.54, 1.807) is 19.2 Å². The summed E-state index contributed by atoms with van der Waals surface area (Å²) in [6.07, 6.45) is 2.11. The third-order valence-electron chi connectivity index (χ3n) is 3.94. The van der Waals surface area contributed by atoms with Crippen LogP contribution in [0.1, 0.15) is 12.8 Å². The average molecular weight is 355 g/mol. The van der Waals surface area contributed by atoms with Gasteiger partial charge in [0.1, 0.15) is 5.75 Å². The molecule has 2 atom stereocenters. The minimum absolute atomic E-state index is 0.151. The third kappa shape index (κ3) is 4.70. The Labute approximate surface area is 141 Å². The van der Waals surface area contributed by atoms with Crippen molar-refractivity contribution in [2.24, 2.45) is 11.8 Å². The zero-order chi connectivity index (χ0) is 17.9. The number of hydrogen-bond donors (Lipinski definition) is 1. The van der Waals surface area contributed by atoms with Gasteiger partial charge in [-0.1, -0.05) is 6.07 Å². The predicted octanol–water partition coefficient (Wildman–Crippen LogP) is 1.04. The van der Waals surface area contributed by atoms with Crippen LogP contribution in [0, 0.1) is 11.8 Å². The van der Waals surface area contributed by atoms with Gasteiger partial charge >= 0.3 is 5.97 Å². The largest absolute Gasteiger partial charge is 0.493 e. The van der Waals surface area contributed by atoms with Gasteiger partial charge in [0.2, 0.25) is 5.91 Å². The van der Waals surface area contributed by atoms with Crippen LogP contribution >= 0.6 is 0 Å². The van der Waals surface area contributed by atoms with Gasteiger partial charge in [0, 0.05) is 19.8 Å². The van der Waals surface area contributed by atoms with Gasteiger partial charge in [-0.15, -0.1) is 0 Å². The molecule has 1 saturated carbocycles. The Bertz CT molecular complexity index is 730. The second kappa shape index (κ2) is 7.21. The number of hydrogen-bond acceptors (Lipinski definition) is 5. The van der Waals surface area contributed by atoms with Gasteiger partial charge in [-0.05, 0) is 31.0 Å². The van der Waals surface area contributed by atoms with Crippen molar-refractivity contribution in [1.29, 1.82) is 0 Å². The Morgan fingerprint density at radius 1 is 1.33 bits per heavy atom. The fourth-order valence-electron chi connectivity index (χ4n) is 2.42. The molecule has 132 valence electrons. The number of nitrogens with zero attached hydrogens (tertiary/aromatic N) is 1. The smallest absolute Gasteiger partial charge is 0.307 e. The van der Waals surface area contributed by atoms with Gasteiger partial charge in [0.15, 0.2) is 9.84 Å². The van der Waals surface area contributed by atoms with E-state index in [9.17, 15) is 18.0 Å². The van der Waals surface area contributed by atoms with Crippen LogP contribution in [0.3, 0.4) is 0 Å². The molecule has 1 aromatic carbocycles. The molecule has 0 bridgehead atoms. The van der Waals surface area contributed by atoms with E-state index in [-0.39, 0.29) is 10.8 Å². The van der Waals surface area contributed by atoms with E-state index in [0.29, 0.717) is 31.7 Å². The molecule has 1 aromatic rings. The maximum Gasteiger partial charge on any atom is 0.307 e. The Morgan fingerprint density at radius 3 is 2.62 bits per heavy atom. The highest BCUT2D eigenvalue weighted by Crippen LogP contribution is 2.39. The van der Waals surface area contributed by atoms with Crippen molar-refractivity contribution in [1.82, 2.24) is 4.90 Å². The predicted molar refractivity (Wildman–Crippen MR) is 86.5 cm³/mol. The zero-order valence-corrected chi connectivity index (χ0v) is 14.5. The molecule has 0 aromatic heterocycles. The molecule has 1 fully saturated rings. The van der Waals surface area contributed by atoms with Crippen LogP contribution in [0.4, 0.5) is 0 Å². The SMILES string of the molecule is CN(CCCOc1cccc(S(C)(=O)=O)c1)C(=O)[C@H]1C[C@@H]1C(=O)O. The van der Waals surface area contributed by atoms with Crippen LogP contribution in [-0.2, 0) is 19.4 Å². The second-order valence-electron chi connectivity index (χ2n) is 6.00. The fraction of sp³-hybridized carbons (Fsp3) is 0.500. The van der Waals surface area contributed by atoms with Gasteiger partial charge < -0.3 is 14.7 Å². The number of carbonyl (C=O) groups is 2. The first-order valence-electron chi connectivity index (χ1n) is 7.61. The first-order chi connectivity index (χ1) is 11.2. The molecule has 1 amide bonds. The third-order valence-corrected chi connectivity index (χ3v) is 5.05. The molecule has 2 rings (SSSR count). The van der Waals surface area contributed by atoms with Crippen LogP contribution in [0.25, 0.3) is 0 Å². The summed E-state index contributed by atoms with van der Waals surface area (Å²) >= 11 is 0. The Kier molecular flexibility index (Phi) is 5.48. The quantitative estimate of drug-likeness (QED) is 0.699. The van der Waals surface area contributed by atoms with Crippen molar-refractivity contribution in [3.05, 3.63) is 24.3 Å². The normalized spacial score (nSPS) is 19.6. The lowest BCUT2D eigenvalue weighted by molar-refractivity contribution is -0.141. The molecule has 1 aliphatic rings. The molecule has 8 heteroatoms. The lowest BCUT2D eigenvalue weighted by Crippen LogP contribution is -2.31. The number of carbonyl (C=O) groups excluding carboxylic acids is 1. The van der Waals surface area contributed by atoms with Gasteiger partial charge in [-0.25, -0.2) is 8.42 Å². The molecule has 1 N–H and O–H groups in total. The standard InChI is InChI=1S/C16H21NO6S/c1-17(15(18)13-10-14(13)16(19)20)7-4-8-23-11-5-3-6-12(9-11)24(2,21)22/h3,5-6,9,13-14H,4,7-8,10H2,1-2H3,(H,19,20)/t13-,14-/m0/s1. The van der Waals surface area contributed by atoms with Crippen molar-refractivity contribution in [3.63, 3.8) is 0 Å². The summed E-state index contributed by atoms with van der Waals surface area (Å²) in [5.74, 6) is -1.56. The number of rotatable bonds is 8. The summed E-state index contributed by atoms with van der Waals surface area (Å²) in [5, 5.41) is 8.84. The van der Waals surface area contributed by atoms with E-state index in [0.717, 1.165) is 6.26 Å². The van der Waals surface area contributed by atoms with Crippen LogP contribution in [0.2, 0.25) is 0 Å². The summed E-state index contributed by atoms with van der Waals surface area (Å²) in [5.41, 5.74) is 0. The van der Waals surface area contributed by atoms with Gasteiger partial charge in [-0.2, -0.15) is 0 Å². The van der Waals surface area contributed by atoms with Gasteiger partial charge in [0.05, 0.1) is 23.3 Å². The van der Waals surface area contributed by atoms with Crippen LogP contribution < -0.4 is 4.74 Å². The van der Waals surface area contributed by atoms with E-state index in [2.05, 4.69) is 0 Å². The van der Waals surface area contributed by atoms with E-state index in [4.69, 9.17) is 9.84 Å². The van der Waals surface area contributed by atoms with Crippen molar-refractivity contribution >= 4 is 21.7 Å². The van der Waals surface area contributed by atoms with E-state index in [1.165, 1.54) is 17.0 Å². The van der Waals surface area contributed by atoms with E-state index >= 15 is 0 Å². The first-order valence-corrected chi connectivity index (χ1v) is 9.50. The molecule has 0 heterocycles. The molecule has 24 heavy (non-hydrogen) atoms. The molecule has 0 radical (unpaired) electrons. The highest BCUT2D eigenvalue weighted by atomic mass is 32.2. The summed E-state index contributed by atoms with van der Waals surface area (Å²) < 4.78 is 28.5. The van der Waals surface area contributed by atoms with E-state index in [1.807, 2.05) is 0 Å². The molecular formula is C16H21NO6S. The summed E-state index contributed by atoms with van der Waals surface area (Å²) in [6.45, 7) is 0.783. The van der Waals surface area contributed by atoms with E-state index < -0.39 is 27.6 Å². The maximum absolute atomic E-state index is 12.0. The lowest BCUT2D eigenvalue weighted by Gasteiger charge is -2.17. The minimum Gasteiger partial charge on any atom is -0.493 e. The number of ether oxygens (including phenoxy) is 1. The average Bonchev–Trinajstić information content (AvgIpc) is 3.31. The monoisotopic (exact) mass is 355 g/mol. The number of amides is 1. The summed E-state index contributed by atoms with van der Waals surface area (Å²) in [7, 11) is -1.63. The molecule has 1 aliphatic carbocycles. The number of sulfone groups is 1. The summed E-state index contributed by atoms with van der Waals surface area (Å²) in [4.78, 5) is 24.5. The Balaban J connectivity index is 1.75. The Morgan fingerprint density at radius 2 is 2.04 bits per heavy atom. The second-order valence-corrected chi connectivity index (χ2v) is 8.01. The first kappa shape index (κ1) is 18.3. The number of carboxylic acid groups (broad SMARTS) is 1. The lowest BCUT2D eigenvalue weighted by atomic mass is 10.2. The van der Waals surface area contributed by atoms with Crippen LogP contribution in [0.5, 0.6) is 5.75 Å². The van der Waals surface area contributed by atoms with Crippen molar-refractivity contribution in [2.75, 3.05) is 26.5 Å². The summed E-state index contributed by atoms with van der Waals surface area (Å²) in [6, 6.07) is 6.25. The van der Waals surface area contributed by atoms with Crippen LogP contribution in [0.15, 0.2) is 29.2 Å². The van der Waals surface area contributed by atoms with Crippen molar-refractivity contribution in [2.45, 2.75) is 17.7 Å². The highest BCUT2D eigenvalue weighted by Gasteiger charge is 2.49. The molecule has 0 spiro atoms. The molecule has 0 saturated heterocycles. The topological polar surface area (TPSA) is 101 Å².